The van der Waals surface area contributed by atoms with Gasteiger partial charge in [-0.2, -0.15) is 0 Å². The van der Waals surface area contributed by atoms with Crippen molar-refractivity contribution >= 4 is 11.3 Å². The molecule has 12 heavy (non-hydrogen) atoms. The summed E-state index contributed by atoms with van der Waals surface area (Å²) in [6, 6.07) is 0. The molecule has 0 saturated carbocycles. The van der Waals surface area contributed by atoms with Crippen molar-refractivity contribution in [2.24, 2.45) is 11.1 Å². The van der Waals surface area contributed by atoms with Gasteiger partial charge in [0.25, 0.3) is 0 Å². The van der Waals surface area contributed by atoms with Crippen LogP contribution in [0.25, 0.3) is 0 Å². The molecule has 2 nitrogen and oxygen atoms in total. The van der Waals surface area contributed by atoms with Crippen LogP contribution in [0.1, 0.15) is 25.3 Å². The first-order chi connectivity index (χ1) is 5.70. The van der Waals surface area contributed by atoms with Crippen molar-refractivity contribution < 1.29 is 0 Å². The van der Waals surface area contributed by atoms with Crippen LogP contribution in [0.2, 0.25) is 0 Å². The van der Waals surface area contributed by atoms with Crippen LogP contribution in [0.15, 0.2) is 11.6 Å². The molecule has 0 aliphatic carbocycles. The molecule has 0 radical (unpaired) electrons. The van der Waals surface area contributed by atoms with E-state index in [1.165, 1.54) is 5.01 Å². The lowest BCUT2D eigenvalue weighted by Gasteiger charge is -2.24. The van der Waals surface area contributed by atoms with Crippen LogP contribution in [0.5, 0.6) is 0 Å². The Kier molecular flexibility index (Phi) is 3.23. The zero-order valence-corrected chi connectivity index (χ0v) is 8.53. The minimum atomic E-state index is 0.234. The van der Waals surface area contributed by atoms with E-state index in [0.29, 0.717) is 0 Å². The molecule has 2 N–H and O–H groups in total. The van der Waals surface area contributed by atoms with Crippen LogP contribution < -0.4 is 5.73 Å². The molecule has 0 saturated heterocycles. The normalized spacial score (nSPS) is 15.9. The number of aromatic nitrogens is 1. The molecule has 0 spiro atoms. The number of hydrogen-bond acceptors (Lipinski definition) is 3. The van der Waals surface area contributed by atoms with Gasteiger partial charge in [-0.05, 0) is 18.4 Å². The van der Waals surface area contributed by atoms with Gasteiger partial charge in [-0.3, -0.25) is 0 Å². The van der Waals surface area contributed by atoms with Crippen molar-refractivity contribution in [2.45, 2.75) is 26.7 Å². The third kappa shape index (κ3) is 2.29. The highest BCUT2D eigenvalue weighted by molar-refractivity contribution is 7.09. The molecule has 1 heterocycles. The second kappa shape index (κ2) is 4.01. The largest absolute Gasteiger partial charge is 0.330 e. The van der Waals surface area contributed by atoms with E-state index in [0.717, 1.165) is 19.4 Å². The molecule has 0 aliphatic heterocycles. The van der Waals surface area contributed by atoms with Gasteiger partial charge in [0, 0.05) is 18.0 Å². The Morgan fingerprint density at radius 2 is 2.42 bits per heavy atom. The Morgan fingerprint density at radius 1 is 1.67 bits per heavy atom. The van der Waals surface area contributed by atoms with Gasteiger partial charge in [-0.1, -0.05) is 13.8 Å². The zero-order valence-electron chi connectivity index (χ0n) is 7.71. The molecular weight excluding hydrogens is 168 g/mol. The molecule has 1 unspecified atom stereocenters. The van der Waals surface area contributed by atoms with Crippen molar-refractivity contribution in [3.05, 3.63) is 16.6 Å². The van der Waals surface area contributed by atoms with E-state index >= 15 is 0 Å². The summed E-state index contributed by atoms with van der Waals surface area (Å²) in [5.41, 5.74) is 5.94. The Morgan fingerprint density at radius 3 is 2.83 bits per heavy atom. The van der Waals surface area contributed by atoms with Gasteiger partial charge in [0.2, 0.25) is 0 Å². The second-order valence-electron chi connectivity index (χ2n) is 3.47. The fourth-order valence-electron chi connectivity index (χ4n) is 1.05. The first-order valence-corrected chi connectivity index (χ1v) is 5.16. The van der Waals surface area contributed by atoms with Crippen LogP contribution in [-0.4, -0.2) is 11.5 Å². The molecule has 0 aliphatic rings. The molecule has 1 aromatic heterocycles. The molecule has 3 heteroatoms. The molecule has 1 aromatic rings. The van der Waals surface area contributed by atoms with Gasteiger partial charge >= 0.3 is 0 Å². The van der Waals surface area contributed by atoms with Crippen LogP contribution in [0, 0.1) is 5.41 Å². The van der Waals surface area contributed by atoms with E-state index in [1.807, 2.05) is 11.6 Å². The third-order valence-corrected chi connectivity index (χ3v) is 3.19. The lowest BCUT2D eigenvalue weighted by Crippen LogP contribution is -2.28. The summed E-state index contributed by atoms with van der Waals surface area (Å²) in [6.45, 7) is 5.14. The van der Waals surface area contributed by atoms with Gasteiger partial charge in [-0.15, -0.1) is 11.3 Å². The topological polar surface area (TPSA) is 38.9 Å². The van der Waals surface area contributed by atoms with Crippen LogP contribution in [0.4, 0.5) is 0 Å². The highest BCUT2D eigenvalue weighted by Gasteiger charge is 2.21. The van der Waals surface area contributed by atoms with Crippen LogP contribution in [0.3, 0.4) is 0 Å². The Hall–Kier alpha value is -0.410. The van der Waals surface area contributed by atoms with E-state index in [4.69, 9.17) is 5.73 Å². The predicted octanol–water partition coefficient (Wildman–Crippen LogP) is 2.06. The fraction of sp³-hybridized carbons (Fsp3) is 0.667. The maximum Gasteiger partial charge on any atom is 0.0930 e. The van der Waals surface area contributed by atoms with E-state index in [-0.39, 0.29) is 5.41 Å². The fourth-order valence-corrected chi connectivity index (χ4v) is 1.88. The predicted molar refractivity (Wildman–Crippen MR) is 53.3 cm³/mol. The standard InChI is InChI=1S/C9H16N2S/c1-3-9(2,7-10)6-8-11-4-5-12-8/h4-5H,3,6-7,10H2,1-2H3. The van der Waals surface area contributed by atoms with Crippen LogP contribution >= 0.6 is 11.3 Å². The summed E-state index contributed by atoms with van der Waals surface area (Å²) in [6.07, 6.45) is 3.98. The van der Waals surface area contributed by atoms with Crippen molar-refractivity contribution in [3.63, 3.8) is 0 Å². The summed E-state index contributed by atoms with van der Waals surface area (Å²) >= 11 is 1.71. The summed E-state index contributed by atoms with van der Waals surface area (Å²) in [4.78, 5) is 4.26. The van der Waals surface area contributed by atoms with E-state index in [1.54, 1.807) is 11.3 Å². The van der Waals surface area contributed by atoms with Crippen molar-refractivity contribution in [3.8, 4) is 0 Å². The number of nitrogens with two attached hydrogens (primary N) is 1. The molecule has 1 rings (SSSR count). The summed E-state index contributed by atoms with van der Waals surface area (Å²) < 4.78 is 0. The first kappa shape index (κ1) is 9.68. The average Bonchev–Trinajstić information content (AvgIpc) is 2.57. The summed E-state index contributed by atoms with van der Waals surface area (Å²) in [7, 11) is 0. The Bertz CT molecular complexity index is 214. The van der Waals surface area contributed by atoms with Gasteiger partial charge < -0.3 is 5.73 Å². The van der Waals surface area contributed by atoms with E-state index in [2.05, 4.69) is 18.8 Å². The third-order valence-electron chi connectivity index (χ3n) is 2.41. The number of thiazole rings is 1. The second-order valence-corrected chi connectivity index (χ2v) is 4.45. The van der Waals surface area contributed by atoms with Gasteiger partial charge in [0.05, 0.1) is 5.01 Å². The molecule has 0 fully saturated rings. The molecule has 68 valence electrons. The van der Waals surface area contributed by atoms with E-state index < -0.39 is 0 Å². The maximum atomic E-state index is 5.71. The van der Waals surface area contributed by atoms with Crippen LogP contribution in [-0.2, 0) is 6.42 Å². The first-order valence-electron chi connectivity index (χ1n) is 4.28. The monoisotopic (exact) mass is 184 g/mol. The Labute approximate surface area is 77.8 Å². The molecule has 0 aromatic carbocycles. The quantitative estimate of drug-likeness (QED) is 0.778. The SMILES string of the molecule is CCC(C)(CN)Cc1nccs1. The van der Waals surface area contributed by atoms with Crippen molar-refractivity contribution in [2.75, 3.05) is 6.54 Å². The zero-order chi connectivity index (χ0) is 9.03. The number of hydrogen-bond donors (Lipinski definition) is 1. The number of rotatable bonds is 4. The highest BCUT2D eigenvalue weighted by Crippen LogP contribution is 2.25. The van der Waals surface area contributed by atoms with E-state index in [9.17, 15) is 0 Å². The molecule has 0 amide bonds. The smallest absolute Gasteiger partial charge is 0.0930 e. The Balaban J connectivity index is 2.60. The molecular formula is C9H16N2S. The molecule has 0 bridgehead atoms. The number of nitrogens with zero attached hydrogens (tertiary/aromatic N) is 1. The lowest BCUT2D eigenvalue weighted by atomic mass is 9.84. The summed E-state index contributed by atoms with van der Waals surface area (Å²) in [5, 5.41) is 3.21. The van der Waals surface area contributed by atoms with Gasteiger partial charge in [-0.25, -0.2) is 4.98 Å². The lowest BCUT2D eigenvalue weighted by molar-refractivity contribution is 0.320. The average molecular weight is 184 g/mol. The minimum absolute atomic E-state index is 0.234. The molecule has 1 atom stereocenters. The van der Waals surface area contributed by atoms with Crippen molar-refractivity contribution in [1.29, 1.82) is 0 Å². The minimum Gasteiger partial charge on any atom is -0.330 e. The van der Waals surface area contributed by atoms with Gasteiger partial charge in [0.15, 0.2) is 0 Å². The van der Waals surface area contributed by atoms with Crippen molar-refractivity contribution in [1.82, 2.24) is 4.98 Å². The summed E-state index contributed by atoms with van der Waals surface area (Å²) in [5.74, 6) is 0. The highest BCUT2D eigenvalue weighted by atomic mass is 32.1. The van der Waals surface area contributed by atoms with Gasteiger partial charge in [0.1, 0.15) is 0 Å². The maximum absolute atomic E-state index is 5.71.